The molecule has 0 saturated heterocycles. The third-order valence-electron chi connectivity index (χ3n) is 1.85. The Morgan fingerprint density at radius 3 is 2.93 bits per heavy atom. The first-order valence-electron chi connectivity index (χ1n) is 4.62. The van der Waals surface area contributed by atoms with E-state index in [2.05, 4.69) is 15.0 Å². The summed E-state index contributed by atoms with van der Waals surface area (Å²) in [6.07, 6.45) is 0.926. The first-order valence-corrected chi connectivity index (χ1v) is 5.40. The summed E-state index contributed by atoms with van der Waals surface area (Å²) in [6.45, 7) is 5.90. The normalized spacial score (nSPS) is 12.2. The van der Waals surface area contributed by atoms with E-state index in [0.717, 1.165) is 17.1 Å². The molecule has 0 aliphatic carbocycles. The van der Waals surface area contributed by atoms with Crippen LogP contribution < -0.4 is 10.6 Å². The SMILES string of the molecule is CCC(C)NC(=O)Nc1cc(C)ns1. The van der Waals surface area contributed by atoms with Gasteiger partial charge in [0.15, 0.2) is 0 Å². The third kappa shape index (κ3) is 3.33. The highest BCUT2D eigenvalue weighted by atomic mass is 32.1. The Balaban J connectivity index is 2.41. The lowest BCUT2D eigenvalue weighted by Crippen LogP contribution is -2.35. The van der Waals surface area contributed by atoms with Crippen molar-refractivity contribution in [1.82, 2.24) is 9.69 Å². The van der Waals surface area contributed by atoms with Crippen molar-refractivity contribution in [3.8, 4) is 0 Å². The van der Waals surface area contributed by atoms with Crippen molar-refractivity contribution in [3.05, 3.63) is 11.8 Å². The van der Waals surface area contributed by atoms with Gasteiger partial charge in [-0.05, 0) is 37.9 Å². The van der Waals surface area contributed by atoms with Crippen LogP contribution in [-0.2, 0) is 0 Å². The van der Waals surface area contributed by atoms with Crippen LogP contribution in [-0.4, -0.2) is 16.4 Å². The maximum atomic E-state index is 11.3. The van der Waals surface area contributed by atoms with Crippen molar-refractivity contribution in [3.63, 3.8) is 0 Å². The van der Waals surface area contributed by atoms with Crippen LogP contribution in [0, 0.1) is 6.92 Å². The van der Waals surface area contributed by atoms with Gasteiger partial charge in [-0.1, -0.05) is 6.92 Å². The van der Waals surface area contributed by atoms with Crippen LogP contribution in [0.15, 0.2) is 6.07 Å². The Labute approximate surface area is 87.9 Å². The summed E-state index contributed by atoms with van der Waals surface area (Å²) in [5.41, 5.74) is 0.925. The summed E-state index contributed by atoms with van der Waals surface area (Å²) in [4.78, 5) is 11.3. The lowest BCUT2D eigenvalue weighted by atomic mass is 10.3. The number of aryl methyl sites for hydroxylation is 1. The molecule has 1 unspecified atom stereocenters. The zero-order valence-corrected chi connectivity index (χ0v) is 9.44. The molecule has 0 bridgehead atoms. The van der Waals surface area contributed by atoms with Crippen molar-refractivity contribution >= 4 is 22.6 Å². The summed E-state index contributed by atoms with van der Waals surface area (Å²) in [6, 6.07) is 1.88. The Morgan fingerprint density at radius 1 is 1.71 bits per heavy atom. The van der Waals surface area contributed by atoms with Gasteiger partial charge < -0.3 is 5.32 Å². The summed E-state index contributed by atoms with van der Waals surface area (Å²) in [5.74, 6) is 0. The van der Waals surface area contributed by atoms with E-state index in [0.29, 0.717) is 0 Å². The van der Waals surface area contributed by atoms with Gasteiger partial charge in [0.25, 0.3) is 0 Å². The number of rotatable bonds is 3. The Hall–Kier alpha value is -1.10. The van der Waals surface area contributed by atoms with E-state index in [1.54, 1.807) is 0 Å². The van der Waals surface area contributed by atoms with Crippen molar-refractivity contribution in [2.24, 2.45) is 0 Å². The number of hydrogen-bond acceptors (Lipinski definition) is 3. The van der Waals surface area contributed by atoms with E-state index in [9.17, 15) is 4.79 Å². The number of amides is 2. The van der Waals surface area contributed by atoms with Crippen LogP contribution in [0.25, 0.3) is 0 Å². The second kappa shape index (κ2) is 4.95. The third-order valence-corrected chi connectivity index (χ3v) is 2.65. The second-order valence-electron chi connectivity index (χ2n) is 3.24. The fourth-order valence-electron chi connectivity index (χ4n) is 0.896. The summed E-state index contributed by atoms with van der Waals surface area (Å²) in [5, 5.41) is 6.33. The minimum absolute atomic E-state index is 0.164. The quantitative estimate of drug-likeness (QED) is 0.810. The molecule has 2 N–H and O–H groups in total. The number of nitrogens with one attached hydrogen (secondary N) is 2. The van der Waals surface area contributed by atoms with Gasteiger partial charge in [0.05, 0.1) is 5.69 Å². The number of hydrogen-bond donors (Lipinski definition) is 2. The van der Waals surface area contributed by atoms with Gasteiger partial charge in [-0.3, -0.25) is 5.32 Å². The monoisotopic (exact) mass is 213 g/mol. The van der Waals surface area contributed by atoms with Gasteiger partial charge in [0.1, 0.15) is 5.00 Å². The fourth-order valence-corrected chi connectivity index (χ4v) is 1.55. The highest BCUT2D eigenvalue weighted by Gasteiger charge is 2.06. The molecule has 0 aromatic carbocycles. The second-order valence-corrected chi connectivity index (χ2v) is 4.05. The van der Waals surface area contributed by atoms with Crippen molar-refractivity contribution in [1.29, 1.82) is 0 Å². The topological polar surface area (TPSA) is 54.0 Å². The summed E-state index contributed by atoms with van der Waals surface area (Å²) < 4.78 is 4.07. The molecule has 14 heavy (non-hydrogen) atoms. The molecular weight excluding hydrogens is 198 g/mol. The van der Waals surface area contributed by atoms with Gasteiger partial charge in [-0.25, -0.2) is 4.79 Å². The molecule has 1 heterocycles. The molecule has 0 saturated carbocycles. The molecule has 5 heteroatoms. The standard InChI is InChI=1S/C9H15N3OS/c1-4-6(2)10-9(13)11-8-5-7(3)12-14-8/h5-6H,4H2,1-3H3,(H2,10,11,13). The van der Waals surface area contributed by atoms with Gasteiger partial charge in [0, 0.05) is 6.04 Å². The number of carbonyl (C=O) groups excluding carboxylic acids is 1. The minimum Gasteiger partial charge on any atom is -0.335 e. The molecule has 4 nitrogen and oxygen atoms in total. The zero-order valence-electron chi connectivity index (χ0n) is 8.63. The lowest BCUT2D eigenvalue weighted by molar-refractivity contribution is 0.249. The molecule has 1 rings (SSSR count). The number of carbonyl (C=O) groups is 1. The van der Waals surface area contributed by atoms with E-state index in [1.807, 2.05) is 26.8 Å². The van der Waals surface area contributed by atoms with E-state index in [1.165, 1.54) is 11.5 Å². The first-order chi connectivity index (χ1) is 6.61. The fraction of sp³-hybridized carbons (Fsp3) is 0.556. The molecule has 78 valence electrons. The van der Waals surface area contributed by atoms with Gasteiger partial charge in [0.2, 0.25) is 0 Å². The van der Waals surface area contributed by atoms with Gasteiger partial charge >= 0.3 is 6.03 Å². The predicted octanol–water partition coefficient (Wildman–Crippen LogP) is 2.37. The smallest absolute Gasteiger partial charge is 0.320 e. The van der Waals surface area contributed by atoms with Crippen LogP contribution in [0.5, 0.6) is 0 Å². The predicted molar refractivity (Wildman–Crippen MR) is 58.8 cm³/mol. The number of aromatic nitrogens is 1. The molecule has 0 spiro atoms. The largest absolute Gasteiger partial charge is 0.335 e. The molecular formula is C9H15N3OS. The van der Waals surface area contributed by atoms with Crippen molar-refractivity contribution in [2.75, 3.05) is 5.32 Å². The number of nitrogens with zero attached hydrogens (tertiary/aromatic N) is 1. The van der Waals surface area contributed by atoms with E-state index in [-0.39, 0.29) is 12.1 Å². The molecule has 1 aromatic heterocycles. The van der Waals surface area contributed by atoms with Crippen LogP contribution >= 0.6 is 11.5 Å². The first kappa shape index (κ1) is 11.0. The molecule has 1 atom stereocenters. The van der Waals surface area contributed by atoms with Gasteiger partial charge in [-0.15, -0.1) is 0 Å². The Kier molecular flexibility index (Phi) is 3.88. The summed E-state index contributed by atoms with van der Waals surface area (Å²) in [7, 11) is 0. The maximum absolute atomic E-state index is 11.3. The highest BCUT2D eigenvalue weighted by Crippen LogP contribution is 2.14. The summed E-state index contributed by atoms with van der Waals surface area (Å²) >= 11 is 1.29. The van der Waals surface area contributed by atoms with Crippen LogP contribution in [0.3, 0.4) is 0 Å². The van der Waals surface area contributed by atoms with Crippen LogP contribution in [0.4, 0.5) is 9.80 Å². The molecule has 0 aliphatic rings. The molecule has 0 fully saturated rings. The van der Waals surface area contributed by atoms with Crippen molar-refractivity contribution in [2.45, 2.75) is 33.2 Å². The number of anilines is 1. The lowest BCUT2D eigenvalue weighted by Gasteiger charge is -2.10. The maximum Gasteiger partial charge on any atom is 0.320 e. The zero-order chi connectivity index (χ0) is 10.6. The van der Waals surface area contributed by atoms with Gasteiger partial charge in [-0.2, -0.15) is 4.37 Å². The van der Waals surface area contributed by atoms with E-state index in [4.69, 9.17) is 0 Å². The molecule has 2 amide bonds. The number of urea groups is 1. The molecule has 0 aliphatic heterocycles. The van der Waals surface area contributed by atoms with Crippen LogP contribution in [0.1, 0.15) is 26.0 Å². The Bertz CT molecular complexity index is 311. The van der Waals surface area contributed by atoms with Crippen molar-refractivity contribution < 1.29 is 4.79 Å². The van der Waals surface area contributed by atoms with E-state index >= 15 is 0 Å². The van der Waals surface area contributed by atoms with Crippen LogP contribution in [0.2, 0.25) is 0 Å². The highest BCUT2D eigenvalue weighted by molar-refractivity contribution is 7.10. The molecule has 1 aromatic rings. The van der Waals surface area contributed by atoms with E-state index < -0.39 is 0 Å². The minimum atomic E-state index is -0.164. The molecule has 0 radical (unpaired) electrons. The Morgan fingerprint density at radius 2 is 2.43 bits per heavy atom. The average Bonchev–Trinajstić information content (AvgIpc) is 2.50. The average molecular weight is 213 g/mol.